The monoisotopic (exact) mass is 237 g/mol. The van der Waals surface area contributed by atoms with E-state index in [1.807, 2.05) is 32.0 Å². The Morgan fingerprint density at radius 1 is 1.29 bits per heavy atom. The summed E-state index contributed by atoms with van der Waals surface area (Å²) in [5.74, 6) is -0.144. The number of hydrogen-bond donors (Lipinski definition) is 1. The van der Waals surface area contributed by atoms with Crippen molar-refractivity contribution in [1.82, 2.24) is 0 Å². The number of anilines is 1. The highest BCUT2D eigenvalue weighted by Gasteiger charge is 2.05. The van der Waals surface area contributed by atoms with Crippen molar-refractivity contribution in [3.05, 3.63) is 29.3 Å². The summed E-state index contributed by atoms with van der Waals surface area (Å²) in [7, 11) is 1.60. The van der Waals surface area contributed by atoms with Gasteiger partial charge in [0.05, 0.1) is 13.2 Å². The zero-order valence-electron chi connectivity index (χ0n) is 10.6. The summed E-state index contributed by atoms with van der Waals surface area (Å²) in [6.07, 6.45) is 0. The van der Waals surface area contributed by atoms with Gasteiger partial charge in [-0.2, -0.15) is 0 Å². The smallest absolute Gasteiger partial charge is 0.250 e. The molecule has 1 aromatic rings. The lowest BCUT2D eigenvalue weighted by molar-refractivity contribution is -0.121. The van der Waals surface area contributed by atoms with Crippen LogP contribution in [0, 0.1) is 13.8 Å². The number of aryl methyl sites for hydroxylation is 1. The molecule has 17 heavy (non-hydrogen) atoms. The Hall–Kier alpha value is -1.39. The van der Waals surface area contributed by atoms with E-state index < -0.39 is 0 Å². The van der Waals surface area contributed by atoms with Crippen molar-refractivity contribution >= 4 is 11.6 Å². The molecule has 0 fully saturated rings. The van der Waals surface area contributed by atoms with E-state index in [0.717, 1.165) is 16.8 Å². The lowest BCUT2D eigenvalue weighted by Gasteiger charge is -2.10. The van der Waals surface area contributed by atoms with Crippen LogP contribution in [0.15, 0.2) is 18.2 Å². The summed E-state index contributed by atoms with van der Waals surface area (Å²) in [6, 6.07) is 5.82. The second-order valence-corrected chi connectivity index (χ2v) is 3.84. The van der Waals surface area contributed by atoms with E-state index in [-0.39, 0.29) is 12.5 Å². The summed E-state index contributed by atoms with van der Waals surface area (Å²) in [5.41, 5.74) is 3.08. The molecule has 0 aliphatic rings. The fourth-order valence-corrected chi connectivity index (χ4v) is 1.38. The number of nitrogens with one attached hydrogen (secondary N) is 1. The van der Waals surface area contributed by atoms with Gasteiger partial charge in [-0.15, -0.1) is 0 Å². The third kappa shape index (κ3) is 4.54. The lowest BCUT2D eigenvalue weighted by atomic mass is 10.1. The van der Waals surface area contributed by atoms with E-state index >= 15 is 0 Å². The van der Waals surface area contributed by atoms with Crippen LogP contribution in [0.5, 0.6) is 0 Å². The van der Waals surface area contributed by atoms with Crippen molar-refractivity contribution < 1.29 is 14.3 Å². The first-order chi connectivity index (χ1) is 8.15. The van der Waals surface area contributed by atoms with Crippen LogP contribution in [0.2, 0.25) is 0 Å². The lowest BCUT2D eigenvalue weighted by Crippen LogP contribution is -2.20. The van der Waals surface area contributed by atoms with E-state index in [1.165, 1.54) is 0 Å². The Morgan fingerprint density at radius 3 is 2.76 bits per heavy atom. The highest BCUT2D eigenvalue weighted by atomic mass is 16.5. The fourth-order valence-electron chi connectivity index (χ4n) is 1.38. The Bertz CT molecular complexity index is 377. The predicted octanol–water partition coefficient (Wildman–Crippen LogP) is 1.90. The molecule has 0 aromatic heterocycles. The molecule has 0 aliphatic carbocycles. The van der Waals surface area contributed by atoms with Crippen molar-refractivity contribution in [2.24, 2.45) is 0 Å². The predicted molar refractivity (Wildman–Crippen MR) is 67.2 cm³/mol. The van der Waals surface area contributed by atoms with Crippen molar-refractivity contribution in [3.8, 4) is 0 Å². The third-order valence-corrected chi connectivity index (χ3v) is 2.54. The molecule has 1 rings (SSSR count). The molecule has 0 saturated carbocycles. The van der Waals surface area contributed by atoms with Crippen LogP contribution in [-0.2, 0) is 14.3 Å². The van der Waals surface area contributed by atoms with Crippen molar-refractivity contribution in [1.29, 1.82) is 0 Å². The molecule has 94 valence electrons. The van der Waals surface area contributed by atoms with E-state index in [1.54, 1.807) is 7.11 Å². The molecule has 0 atom stereocenters. The molecule has 0 unspecified atom stereocenters. The van der Waals surface area contributed by atoms with E-state index in [9.17, 15) is 4.79 Å². The second kappa shape index (κ2) is 7.04. The van der Waals surface area contributed by atoms with Crippen LogP contribution >= 0.6 is 0 Å². The van der Waals surface area contributed by atoms with Gasteiger partial charge in [0.25, 0.3) is 0 Å². The van der Waals surface area contributed by atoms with E-state index in [0.29, 0.717) is 13.2 Å². The molecule has 4 nitrogen and oxygen atoms in total. The number of rotatable bonds is 6. The van der Waals surface area contributed by atoms with Gasteiger partial charge in [0, 0.05) is 12.8 Å². The molecule has 0 saturated heterocycles. The zero-order chi connectivity index (χ0) is 12.7. The average Bonchev–Trinajstić information content (AvgIpc) is 2.31. The van der Waals surface area contributed by atoms with E-state index in [4.69, 9.17) is 9.47 Å². The summed E-state index contributed by atoms with van der Waals surface area (Å²) in [4.78, 5) is 11.6. The van der Waals surface area contributed by atoms with Gasteiger partial charge in [0.2, 0.25) is 5.91 Å². The average molecular weight is 237 g/mol. The van der Waals surface area contributed by atoms with Gasteiger partial charge in [-0.05, 0) is 31.0 Å². The number of carbonyl (C=O) groups excluding carboxylic acids is 1. The molecule has 1 amide bonds. The fraction of sp³-hybridized carbons (Fsp3) is 0.462. The number of carbonyl (C=O) groups is 1. The summed E-state index contributed by atoms with van der Waals surface area (Å²) >= 11 is 0. The van der Waals surface area contributed by atoms with Gasteiger partial charge in [-0.3, -0.25) is 4.79 Å². The topological polar surface area (TPSA) is 47.6 Å². The molecule has 0 radical (unpaired) electrons. The minimum absolute atomic E-state index is 0.0523. The summed E-state index contributed by atoms with van der Waals surface area (Å²) in [5, 5.41) is 2.82. The van der Waals surface area contributed by atoms with Gasteiger partial charge in [0.15, 0.2) is 0 Å². The van der Waals surface area contributed by atoms with Crippen LogP contribution in [0.1, 0.15) is 11.1 Å². The van der Waals surface area contributed by atoms with Crippen LogP contribution in [0.3, 0.4) is 0 Å². The molecule has 0 spiro atoms. The Kier molecular flexibility index (Phi) is 5.66. The van der Waals surface area contributed by atoms with Crippen molar-refractivity contribution in [2.45, 2.75) is 13.8 Å². The van der Waals surface area contributed by atoms with Gasteiger partial charge in [0.1, 0.15) is 6.61 Å². The molecular formula is C13H19NO3. The molecule has 0 bridgehead atoms. The molecular weight excluding hydrogens is 218 g/mol. The maximum absolute atomic E-state index is 11.6. The third-order valence-electron chi connectivity index (χ3n) is 2.54. The number of benzene rings is 1. The molecule has 4 heteroatoms. The Balaban J connectivity index is 2.43. The molecule has 1 N–H and O–H groups in total. The van der Waals surface area contributed by atoms with Gasteiger partial charge >= 0.3 is 0 Å². The standard InChI is InChI=1S/C13H19NO3/c1-10-5-4-6-12(11(10)2)14-13(15)9-17-8-7-16-3/h4-6H,7-9H2,1-3H3,(H,14,15). The first kappa shape index (κ1) is 13.7. The largest absolute Gasteiger partial charge is 0.382 e. The zero-order valence-corrected chi connectivity index (χ0v) is 10.6. The van der Waals surface area contributed by atoms with Gasteiger partial charge in [-0.1, -0.05) is 12.1 Å². The Labute approximate surface area is 102 Å². The summed E-state index contributed by atoms with van der Waals surface area (Å²) in [6.45, 7) is 4.97. The first-order valence-corrected chi connectivity index (χ1v) is 5.58. The van der Waals surface area contributed by atoms with Gasteiger partial charge in [-0.25, -0.2) is 0 Å². The maximum Gasteiger partial charge on any atom is 0.250 e. The minimum Gasteiger partial charge on any atom is -0.382 e. The van der Waals surface area contributed by atoms with E-state index in [2.05, 4.69) is 5.32 Å². The van der Waals surface area contributed by atoms with Gasteiger partial charge < -0.3 is 14.8 Å². The van der Waals surface area contributed by atoms with Crippen LogP contribution in [-0.4, -0.2) is 32.8 Å². The second-order valence-electron chi connectivity index (χ2n) is 3.84. The molecule has 0 heterocycles. The molecule has 1 aromatic carbocycles. The number of amides is 1. The quantitative estimate of drug-likeness (QED) is 0.769. The highest BCUT2D eigenvalue weighted by Crippen LogP contribution is 2.17. The molecule has 0 aliphatic heterocycles. The van der Waals surface area contributed by atoms with Crippen molar-refractivity contribution in [2.75, 3.05) is 32.2 Å². The SMILES string of the molecule is COCCOCC(=O)Nc1cccc(C)c1C. The highest BCUT2D eigenvalue weighted by molar-refractivity contribution is 5.92. The Morgan fingerprint density at radius 2 is 2.06 bits per heavy atom. The normalized spacial score (nSPS) is 10.3. The van der Waals surface area contributed by atoms with Crippen LogP contribution in [0.4, 0.5) is 5.69 Å². The number of methoxy groups -OCH3 is 1. The van der Waals surface area contributed by atoms with Crippen LogP contribution in [0.25, 0.3) is 0 Å². The van der Waals surface area contributed by atoms with Crippen LogP contribution < -0.4 is 5.32 Å². The maximum atomic E-state index is 11.6. The van der Waals surface area contributed by atoms with Crippen molar-refractivity contribution in [3.63, 3.8) is 0 Å². The minimum atomic E-state index is -0.144. The first-order valence-electron chi connectivity index (χ1n) is 5.58. The summed E-state index contributed by atoms with van der Waals surface area (Å²) < 4.78 is 9.96. The number of ether oxygens (including phenoxy) is 2. The number of hydrogen-bond acceptors (Lipinski definition) is 3.